The topological polar surface area (TPSA) is 83.5 Å². The van der Waals surface area contributed by atoms with Gasteiger partial charge in [-0.25, -0.2) is 0 Å². The van der Waals surface area contributed by atoms with Crippen molar-refractivity contribution in [2.24, 2.45) is 5.73 Å². The molecule has 84 valence electrons. The lowest BCUT2D eigenvalue weighted by molar-refractivity contribution is -0.138. The number of rotatable bonds is 4. The molecule has 0 aliphatic rings. The third-order valence-electron chi connectivity index (χ3n) is 2.00. The van der Waals surface area contributed by atoms with Crippen molar-refractivity contribution in [2.75, 3.05) is 0 Å². The van der Waals surface area contributed by atoms with Crippen molar-refractivity contribution < 1.29 is 15.0 Å². The molecule has 5 heteroatoms. The minimum absolute atomic E-state index is 0. The van der Waals surface area contributed by atoms with Gasteiger partial charge in [0.05, 0.1) is 0 Å². The molecule has 1 atom stereocenters. The van der Waals surface area contributed by atoms with Crippen LogP contribution in [0.2, 0.25) is 0 Å². The number of phenolic OH excluding ortho intramolecular Hbond substituents is 1. The molecule has 0 unspecified atom stereocenters. The lowest BCUT2D eigenvalue weighted by Crippen LogP contribution is -2.30. The molecule has 0 fully saturated rings. The van der Waals surface area contributed by atoms with Crippen molar-refractivity contribution in [3.05, 3.63) is 29.8 Å². The van der Waals surface area contributed by atoms with Crippen molar-refractivity contribution >= 4 is 18.4 Å². The number of hydrogen-bond acceptors (Lipinski definition) is 3. The fourth-order valence-electron chi connectivity index (χ4n) is 1.11. The number of aliphatic carboxylic acids is 1. The van der Waals surface area contributed by atoms with E-state index in [0.29, 0.717) is 12.8 Å². The summed E-state index contributed by atoms with van der Waals surface area (Å²) in [4.78, 5) is 10.4. The average molecular weight is 232 g/mol. The van der Waals surface area contributed by atoms with Crippen LogP contribution in [0.3, 0.4) is 0 Å². The van der Waals surface area contributed by atoms with E-state index >= 15 is 0 Å². The summed E-state index contributed by atoms with van der Waals surface area (Å²) in [5, 5.41) is 17.5. The Morgan fingerprint density at radius 1 is 1.33 bits per heavy atom. The van der Waals surface area contributed by atoms with Crippen molar-refractivity contribution in [3.8, 4) is 5.75 Å². The highest BCUT2D eigenvalue weighted by atomic mass is 35.5. The van der Waals surface area contributed by atoms with E-state index < -0.39 is 12.0 Å². The fourth-order valence-corrected chi connectivity index (χ4v) is 1.11. The number of phenols is 1. The molecular formula is C10H14ClNO3. The summed E-state index contributed by atoms with van der Waals surface area (Å²) in [7, 11) is 0. The maximum absolute atomic E-state index is 10.4. The number of nitrogens with two attached hydrogens (primary N) is 1. The summed E-state index contributed by atoms with van der Waals surface area (Å²) in [5.74, 6) is -0.778. The van der Waals surface area contributed by atoms with Crippen LogP contribution in [0.4, 0.5) is 0 Å². The number of hydrogen-bond donors (Lipinski definition) is 3. The number of aromatic hydroxyl groups is 1. The summed E-state index contributed by atoms with van der Waals surface area (Å²) >= 11 is 0. The van der Waals surface area contributed by atoms with Crippen molar-refractivity contribution in [2.45, 2.75) is 18.9 Å². The van der Waals surface area contributed by atoms with Gasteiger partial charge in [-0.15, -0.1) is 12.4 Å². The summed E-state index contributed by atoms with van der Waals surface area (Å²) in [6.07, 6.45) is 1.01. The average Bonchev–Trinajstić information content (AvgIpc) is 2.16. The minimum Gasteiger partial charge on any atom is -0.508 e. The Morgan fingerprint density at radius 2 is 1.87 bits per heavy atom. The lowest BCUT2D eigenvalue weighted by Gasteiger charge is -2.05. The van der Waals surface area contributed by atoms with Gasteiger partial charge in [0.25, 0.3) is 0 Å². The second kappa shape index (κ2) is 6.27. The Labute approximate surface area is 94.1 Å². The molecule has 0 radical (unpaired) electrons. The number of carboxylic acids is 1. The molecule has 0 bridgehead atoms. The highest BCUT2D eigenvalue weighted by molar-refractivity contribution is 5.85. The Morgan fingerprint density at radius 3 is 2.33 bits per heavy atom. The van der Waals surface area contributed by atoms with Crippen LogP contribution in [0.25, 0.3) is 0 Å². The molecule has 0 aromatic heterocycles. The Balaban J connectivity index is 0.00000196. The van der Waals surface area contributed by atoms with Gasteiger partial charge >= 0.3 is 5.97 Å². The Hall–Kier alpha value is -1.26. The van der Waals surface area contributed by atoms with Gasteiger partial charge < -0.3 is 15.9 Å². The highest BCUT2D eigenvalue weighted by Crippen LogP contribution is 2.11. The molecule has 1 rings (SSSR count). The van der Waals surface area contributed by atoms with E-state index in [4.69, 9.17) is 15.9 Å². The van der Waals surface area contributed by atoms with Gasteiger partial charge in [-0.3, -0.25) is 4.79 Å². The zero-order chi connectivity index (χ0) is 10.6. The van der Waals surface area contributed by atoms with Crippen molar-refractivity contribution in [1.29, 1.82) is 0 Å². The molecule has 4 nitrogen and oxygen atoms in total. The van der Waals surface area contributed by atoms with Gasteiger partial charge in [0.2, 0.25) is 0 Å². The first-order chi connectivity index (χ1) is 6.59. The lowest BCUT2D eigenvalue weighted by atomic mass is 10.1. The van der Waals surface area contributed by atoms with Gasteiger partial charge in [0, 0.05) is 0 Å². The molecule has 1 aromatic rings. The molecule has 15 heavy (non-hydrogen) atoms. The smallest absolute Gasteiger partial charge is 0.320 e. The molecular weight excluding hydrogens is 218 g/mol. The zero-order valence-electron chi connectivity index (χ0n) is 8.09. The molecule has 1 aromatic carbocycles. The van der Waals surface area contributed by atoms with E-state index in [9.17, 15) is 4.79 Å². The molecule has 0 amide bonds. The number of benzene rings is 1. The maximum Gasteiger partial charge on any atom is 0.320 e. The Kier molecular flexibility index (Phi) is 5.74. The van der Waals surface area contributed by atoms with Gasteiger partial charge in [0.1, 0.15) is 11.8 Å². The second-order valence-corrected chi connectivity index (χ2v) is 3.15. The highest BCUT2D eigenvalue weighted by Gasteiger charge is 2.10. The van der Waals surface area contributed by atoms with E-state index in [1.165, 1.54) is 0 Å². The van der Waals surface area contributed by atoms with Gasteiger partial charge in [-0.05, 0) is 30.5 Å². The number of carboxylic acid groups (broad SMARTS) is 1. The van der Waals surface area contributed by atoms with Gasteiger partial charge in [0.15, 0.2) is 0 Å². The standard InChI is InChI=1S/C10H13NO3.ClH/c11-9(10(13)14)6-3-7-1-4-8(12)5-2-7;/h1-2,4-5,9,12H,3,6,11H2,(H,13,14);1H/t9-;/m1./s1. The van der Waals surface area contributed by atoms with Crippen LogP contribution in [0.1, 0.15) is 12.0 Å². The molecule has 0 saturated carbocycles. The van der Waals surface area contributed by atoms with Crippen LogP contribution in [0, 0.1) is 0 Å². The minimum atomic E-state index is -0.983. The van der Waals surface area contributed by atoms with E-state index in [0.717, 1.165) is 5.56 Å². The van der Waals surface area contributed by atoms with Crippen molar-refractivity contribution in [3.63, 3.8) is 0 Å². The summed E-state index contributed by atoms with van der Waals surface area (Å²) in [5.41, 5.74) is 6.32. The second-order valence-electron chi connectivity index (χ2n) is 3.15. The maximum atomic E-state index is 10.4. The van der Waals surface area contributed by atoms with Crippen LogP contribution < -0.4 is 5.73 Å². The first-order valence-electron chi connectivity index (χ1n) is 4.36. The van der Waals surface area contributed by atoms with E-state index in [1.807, 2.05) is 0 Å². The third kappa shape index (κ3) is 4.67. The summed E-state index contributed by atoms with van der Waals surface area (Å²) in [6, 6.07) is 5.83. The van der Waals surface area contributed by atoms with E-state index in [1.54, 1.807) is 24.3 Å². The molecule has 0 aliphatic carbocycles. The zero-order valence-corrected chi connectivity index (χ0v) is 8.91. The third-order valence-corrected chi connectivity index (χ3v) is 2.00. The van der Waals surface area contributed by atoms with Crippen LogP contribution >= 0.6 is 12.4 Å². The summed E-state index contributed by atoms with van der Waals surface area (Å²) < 4.78 is 0. The van der Waals surface area contributed by atoms with Crippen LogP contribution in [0.15, 0.2) is 24.3 Å². The Bertz CT molecular complexity index is 313. The van der Waals surface area contributed by atoms with Gasteiger partial charge in [-0.2, -0.15) is 0 Å². The predicted octanol–water partition coefficient (Wildman–Crippen LogP) is 1.16. The molecule has 0 heterocycles. The van der Waals surface area contributed by atoms with E-state index in [2.05, 4.69) is 0 Å². The fraction of sp³-hybridized carbons (Fsp3) is 0.300. The van der Waals surface area contributed by atoms with E-state index in [-0.39, 0.29) is 18.2 Å². The summed E-state index contributed by atoms with van der Waals surface area (Å²) in [6.45, 7) is 0. The first kappa shape index (κ1) is 13.7. The number of aryl methyl sites for hydroxylation is 1. The number of halogens is 1. The normalized spacial score (nSPS) is 11.5. The predicted molar refractivity (Wildman–Crippen MR) is 59.3 cm³/mol. The monoisotopic (exact) mass is 231 g/mol. The van der Waals surface area contributed by atoms with Crippen molar-refractivity contribution in [1.82, 2.24) is 0 Å². The van der Waals surface area contributed by atoms with Crippen LogP contribution in [0.5, 0.6) is 5.75 Å². The molecule has 4 N–H and O–H groups in total. The molecule has 0 spiro atoms. The molecule has 0 saturated heterocycles. The van der Waals surface area contributed by atoms with Gasteiger partial charge in [-0.1, -0.05) is 12.1 Å². The SMILES string of the molecule is Cl.N[C@H](CCc1ccc(O)cc1)C(=O)O. The quantitative estimate of drug-likeness (QED) is 0.726. The first-order valence-corrected chi connectivity index (χ1v) is 4.36. The van der Waals surface area contributed by atoms with Crippen LogP contribution in [-0.4, -0.2) is 22.2 Å². The van der Waals surface area contributed by atoms with Crippen LogP contribution in [-0.2, 0) is 11.2 Å². The number of carbonyl (C=O) groups is 1. The largest absolute Gasteiger partial charge is 0.508 e. The molecule has 0 aliphatic heterocycles.